The molecule has 1 nitrogen and oxygen atoms in total. The van der Waals surface area contributed by atoms with Gasteiger partial charge in [-0.3, -0.25) is 0 Å². The van der Waals surface area contributed by atoms with Gasteiger partial charge in [-0.25, -0.2) is 0 Å². The monoisotopic (exact) mass is 216 g/mol. The Morgan fingerprint density at radius 3 is 1.71 bits per heavy atom. The van der Waals surface area contributed by atoms with E-state index in [0.29, 0.717) is 5.41 Å². The van der Waals surface area contributed by atoms with Crippen LogP contribution < -0.4 is 0 Å². The quantitative estimate of drug-likeness (QED) is 0.595. The fourth-order valence-corrected chi connectivity index (χ4v) is 3.24. The third-order valence-electron chi connectivity index (χ3n) is 2.88. The van der Waals surface area contributed by atoms with Gasteiger partial charge in [-0.1, -0.05) is 34.6 Å². The van der Waals surface area contributed by atoms with E-state index in [4.69, 9.17) is 4.43 Å². The summed E-state index contributed by atoms with van der Waals surface area (Å²) in [5.41, 5.74) is 0.448. The second-order valence-electron chi connectivity index (χ2n) is 5.48. The van der Waals surface area contributed by atoms with Gasteiger partial charge in [0, 0.05) is 6.61 Å². The fraction of sp³-hybridized carbons (Fsp3) is 1.00. The first-order valence-electron chi connectivity index (χ1n) is 5.94. The lowest BCUT2D eigenvalue weighted by molar-refractivity contribution is 0.0933. The van der Waals surface area contributed by atoms with Crippen LogP contribution in [-0.2, 0) is 4.43 Å². The van der Waals surface area contributed by atoms with E-state index in [1.165, 1.54) is 19.3 Å². The van der Waals surface area contributed by atoms with Crippen molar-refractivity contribution in [2.75, 3.05) is 6.61 Å². The Morgan fingerprint density at radius 2 is 1.50 bits per heavy atom. The summed E-state index contributed by atoms with van der Waals surface area (Å²) in [6.07, 6.45) is 3.87. The molecular formula is C12H28OSi. The fourth-order valence-electron chi connectivity index (χ4n) is 2.63. The van der Waals surface area contributed by atoms with Crippen molar-refractivity contribution in [3.8, 4) is 0 Å². The van der Waals surface area contributed by atoms with Crippen molar-refractivity contribution in [1.82, 2.24) is 0 Å². The third kappa shape index (κ3) is 5.16. The normalized spacial score (nSPS) is 13.1. The molecule has 0 amide bonds. The van der Waals surface area contributed by atoms with E-state index in [1.54, 1.807) is 0 Å². The van der Waals surface area contributed by atoms with Gasteiger partial charge in [-0.2, -0.15) is 0 Å². The topological polar surface area (TPSA) is 9.23 Å². The summed E-state index contributed by atoms with van der Waals surface area (Å²) in [7, 11) is 0.875. The highest BCUT2D eigenvalue weighted by Crippen LogP contribution is 2.37. The molecule has 2 heteroatoms. The Bertz CT molecular complexity index is 133. The van der Waals surface area contributed by atoms with Gasteiger partial charge in [-0.05, 0) is 36.5 Å². The smallest absolute Gasteiger partial charge is 0.145 e. The Balaban J connectivity index is 4.42. The summed E-state index contributed by atoms with van der Waals surface area (Å²) < 4.78 is 5.54. The number of rotatable bonds is 7. The number of hydrogen-bond acceptors (Lipinski definition) is 1. The molecule has 0 spiro atoms. The lowest BCUT2D eigenvalue weighted by Gasteiger charge is -2.35. The zero-order chi connectivity index (χ0) is 11.2. The molecule has 0 aromatic carbocycles. The molecular weight excluding hydrogens is 188 g/mol. The van der Waals surface area contributed by atoms with Crippen molar-refractivity contribution < 1.29 is 4.43 Å². The Morgan fingerprint density at radius 1 is 1.07 bits per heavy atom. The van der Waals surface area contributed by atoms with Gasteiger partial charge in [0.05, 0.1) is 0 Å². The van der Waals surface area contributed by atoms with Gasteiger partial charge in [0.15, 0.2) is 0 Å². The maximum absolute atomic E-state index is 5.54. The molecule has 86 valence electrons. The van der Waals surface area contributed by atoms with Gasteiger partial charge in [0.2, 0.25) is 0 Å². The average molecular weight is 216 g/mol. The van der Waals surface area contributed by atoms with Crippen molar-refractivity contribution in [2.24, 2.45) is 17.3 Å². The van der Waals surface area contributed by atoms with Crippen molar-refractivity contribution in [3.63, 3.8) is 0 Å². The van der Waals surface area contributed by atoms with Crippen LogP contribution in [0.1, 0.15) is 53.9 Å². The Hall–Kier alpha value is 0.177. The van der Waals surface area contributed by atoms with E-state index < -0.39 is 0 Å². The average Bonchev–Trinajstić information content (AvgIpc) is 2.02. The molecule has 0 saturated carbocycles. The van der Waals surface area contributed by atoms with Gasteiger partial charge >= 0.3 is 0 Å². The molecule has 0 fully saturated rings. The molecule has 0 rings (SSSR count). The van der Waals surface area contributed by atoms with Crippen LogP contribution in [0.2, 0.25) is 0 Å². The lowest BCUT2D eigenvalue weighted by atomic mass is 9.73. The standard InChI is InChI=1S/C12H28OSi/c1-6-12(9-13-14,7-10(2)3)8-11(4)5/h10-11H,6-9H2,1-5,14H3. The van der Waals surface area contributed by atoms with E-state index in [-0.39, 0.29) is 0 Å². The van der Waals surface area contributed by atoms with Crippen molar-refractivity contribution in [1.29, 1.82) is 0 Å². The van der Waals surface area contributed by atoms with E-state index in [1.807, 2.05) is 0 Å². The maximum Gasteiger partial charge on any atom is 0.145 e. The van der Waals surface area contributed by atoms with Gasteiger partial charge in [0.25, 0.3) is 0 Å². The van der Waals surface area contributed by atoms with Crippen LogP contribution in [0.25, 0.3) is 0 Å². The molecule has 0 aliphatic rings. The minimum absolute atomic E-state index is 0.448. The maximum atomic E-state index is 5.54. The molecule has 0 bridgehead atoms. The Kier molecular flexibility index (Phi) is 6.71. The number of hydrogen-bond donors (Lipinski definition) is 0. The van der Waals surface area contributed by atoms with Gasteiger partial charge in [-0.15, -0.1) is 0 Å². The summed E-state index contributed by atoms with van der Waals surface area (Å²) in [4.78, 5) is 0. The van der Waals surface area contributed by atoms with Crippen LogP contribution in [0.15, 0.2) is 0 Å². The van der Waals surface area contributed by atoms with E-state index in [2.05, 4.69) is 34.6 Å². The highest BCUT2D eigenvalue weighted by molar-refractivity contribution is 5.97. The van der Waals surface area contributed by atoms with Crippen LogP contribution >= 0.6 is 0 Å². The predicted molar refractivity (Wildman–Crippen MR) is 67.5 cm³/mol. The summed E-state index contributed by atoms with van der Waals surface area (Å²) in [5, 5.41) is 0. The molecule has 0 heterocycles. The highest BCUT2D eigenvalue weighted by atomic mass is 28.2. The molecule has 0 atom stereocenters. The predicted octanol–water partition coefficient (Wildman–Crippen LogP) is 2.77. The largest absolute Gasteiger partial charge is 0.427 e. The second kappa shape index (κ2) is 6.62. The molecule has 0 saturated heterocycles. The first kappa shape index (κ1) is 14.2. The summed E-state index contributed by atoms with van der Waals surface area (Å²) >= 11 is 0. The van der Waals surface area contributed by atoms with Crippen LogP contribution in [0.4, 0.5) is 0 Å². The summed E-state index contributed by atoms with van der Waals surface area (Å²) in [6, 6.07) is 0. The van der Waals surface area contributed by atoms with E-state index >= 15 is 0 Å². The Labute approximate surface area is 93.2 Å². The molecule has 14 heavy (non-hydrogen) atoms. The molecule has 0 radical (unpaired) electrons. The highest BCUT2D eigenvalue weighted by Gasteiger charge is 2.29. The molecule has 0 aliphatic heterocycles. The molecule has 0 unspecified atom stereocenters. The van der Waals surface area contributed by atoms with Gasteiger partial charge in [0.1, 0.15) is 10.5 Å². The summed E-state index contributed by atoms with van der Waals surface area (Å²) in [5.74, 6) is 1.57. The molecule has 0 aromatic heterocycles. The van der Waals surface area contributed by atoms with Crippen LogP contribution in [0, 0.1) is 17.3 Å². The van der Waals surface area contributed by atoms with Crippen molar-refractivity contribution >= 4 is 10.5 Å². The van der Waals surface area contributed by atoms with Crippen LogP contribution in [0.3, 0.4) is 0 Å². The van der Waals surface area contributed by atoms with E-state index in [0.717, 1.165) is 28.9 Å². The first-order valence-corrected chi connectivity index (χ1v) is 6.76. The zero-order valence-corrected chi connectivity index (χ0v) is 12.9. The minimum Gasteiger partial charge on any atom is -0.427 e. The summed E-state index contributed by atoms with van der Waals surface area (Å²) in [6.45, 7) is 12.6. The second-order valence-corrected chi connectivity index (χ2v) is 6.06. The molecule has 0 N–H and O–H groups in total. The first-order chi connectivity index (χ1) is 6.45. The molecule has 0 aromatic rings. The van der Waals surface area contributed by atoms with Crippen molar-refractivity contribution in [2.45, 2.75) is 53.9 Å². The van der Waals surface area contributed by atoms with Crippen LogP contribution in [-0.4, -0.2) is 17.1 Å². The lowest BCUT2D eigenvalue weighted by Crippen LogP contribution is -2.29. The van der Waals surface area contributed by atoms with E-state index in [9.17, 15) is 0 Å². The van der Waals surface area contributed by atoms with Gasteiger partial charge < -0.3 is 4.43 Å². The minimum atomic E-state index is 0.448. The third-order valence-corrected chi connectivity index (χ3v) is 3.17. The van der Waals surface area contributed by atoms with Crippen molar-refractivity contribution in [3.05, 3.63) is 0 Å². The zero-order valence-electron chi connectivity index (χ0n) is 10.9. The van der Waals surface area contributed by atoms with Crippen LogP contribution in [0.5, 0.6) is 0 Å². The SMILES string of the molecule is CCC(CO[SiH3])(CC(C)C)CC(C)C. The molecule has 0 aliphatic carbocycles.